The van der Waals surface area contributed by atoms with E-state index in [4.69, 9.17) is 75.8 Å². The molecule has 40 atom stereocenters. The Kier molecular flexibility index (Phi) is 24.7. The normalized spacial score (nSPS) is 54.3. The highest BCUT2D eigenvalue weighted by Gasteiger charge is 2.60. The zero-order valence-electron chi connectivity index (χ0n) is 46.9. The van der Waals surface area contributed by atoms with Gasteiger partial charge >= 0.3 is 0 Å². The fourth-order valence-electron chi connectivity index (χ4n) is 12.0. The van der Waals surface area contributed by atoms with Gasteiger partial charge in [-0.1, -0.05) is 5.11 Å². The van der Waals surface area contributed by atoms with Crippen LogP contribution in [-0.4, -0.2) is 416 Å². The molecule has 0 radical (unpaired) electrons. The summed E-state index contributed by atoms with van der Waals surface area (Å²) in [5.74, 6) is 0. The zero-order valence-corrected chi connectivity index (χ0v) is 46.9. The fraction of sp³-hybridized carbons (Fsp3) is 1.00. The van der Waals surface area contributed by atoms with Crippen LogP contribution in [0.25, 0.3) is 10.4 Å². The molecule has 0 aromatic heterocycles. The Bertz CT molecular complexity index is 2280. The van der Waals surface area contributed by atoms with E-state index in [-0.39, 0.29) is 0 Å². The Balaban J connectivity index is 0.986. The molecule has 0 spiro atoms. The molecule has 0 aromatic rings. The van der Waals surface area contributed by atoms with Gasteiger partial charge in [-0.25, -0.2) is 0 Å². The SMILES string of the molecule is [N-]=[N+]=NC[C@H]1O[C@@H]2O[C@H]3[C@H](O)[C@@H](O)[C@@H](O[C@H]4[C@H](O)[C@@H](O)[C@@H](O[C@H]5[C@H](O)[C@@H](O)[C@@H](O[C@H]6[C@H](O)[C@@H](O)[C@@H](O[C@H]7[C@H](O)[C@@H](O)[C@@H](O[C@H]8[C@H](O)[C@@H](O)[C@@H](O[C@H]9[C@H](O)[C@@H](O)[C@@H](O[C@H]1[C@H](O)[C@H]2O)O[C@@H]9CO)O[C@@H]8CO)O[C@@H]7CO)O[C@@H]6CO)O[C@@H]5CO)O[C@@H]4CO)O[C@@H]3CO. The first kappa shape index (κ1) is 72.0. The van der Waals surface area contributed by atoms with Gasteiger partial charge in [-0.05, 0) is 5.53 Å². The summed E-state index contributed by atoms with van der Waals surface area (Å²) in [5, 5.41) is 259. The van der Waals surface area contributed by atoms with Crippen molar-refractivity contribution in [3.05, 3.63) is 10.4 Å². The van der Waals surface area contributed by atoms with Crippen LogP contribution >= 0.6 is 0 Å². The van der Waals surface area contributed by atoms with Gasteiger partial charge in [0, 0.05) is 4.91 Å². The Morgan fingerprint density at radius 1 is 0.211 bits per heavy atom. The minimum Gasteiger partial charge on any atom is -0.394 e. The van der Waals surface area contributed by atoms with E-state index in [1.807, 2.05) is 0 Å². The molecular weight excluding hydrogens is 1240 g/mol. The van der Waals surface area contributed by atoms with Crippen LogP contribution in [0.1, 0.15) is 0 Å². The van der Waals surface area contributed by atoms with Crippen molar-refractivity contribution in [2.75, 3.05) is 52.8 Å². The van der Waals surface area contributed by atoms with Crippen LogP contribution in [0.5, 0.6) is 0 Å². The number of aliphatic hydroxyl groups excluding tert-OH is 23. The van der Waals surface area contributed by atoms with Crippen LogP contribution in [0.15, 0.2) is 5.11 Å². The topological polar surface area (TPSA) is 662 Å². The number of azide groups is 1. The highest BCUT2D eigenvalue weighted by atomic mass is 16.8. The highest BCUT2D eigenvalue weighted by Crippen LogP contribution is 2.40. The molecule has 30 aliphatic heterocycles. The van der Waals surface area contributed by atoms with Crippen molar-refractivity contribution in [3.8, 4) is 0 Å². The van der Waals surface area contributed by atoms with Crippen LogP contribution in [0, 0.1) is 0 Å². The molecule has 0 amide bonds. The lowest BCUT2D eigenvalue weighted by atomic mass is 9.94. The van der Waals surface area contributed by atoms with E-state index >= 15 is 0 Å². The summed E-state index contributed by atoms with van der Waals surface area (Å²) in [4.78, 5) is 2.64. The van der Waals surface area contributed by atoms with Crippen molar-refractivity contribution < 1.29 is 193 Å². The van der Waals surface area contributed by atoms with Crippen LogP contribution in [0.4, 0.5) is 0 Å². The molecule has 0 saturated carbocycles. The van der Waals surface area contributed by atoms with E-state index < -0.39 is 298 Å². The van der Waals surface area contributed by atoms with E-state index in [1.54, 1.807) is 0 Å². The number of ether oxygens (including phenoxy) is 16. The molecule has 0 aliphatic carbocycles. The Hall–Kier alpha value is -2.25. The number of hydrogen-bond acceptors (Lipinski definition) is 40. The monoisotopic (exact) mass is 1320 g/mol. The molecule has 16 bridgehead atoms. The predicted molar refractivity (Wildman–Crippen MR) is 268 cm³/mol. The fourth-order valence-corrected chi connectivity index (χ4v) is 12.0. The minimum absolute atomic E-state index is 0.778. The average Bonchev–Trinajstić information content (AvgIpc) is 0.824. The molecule has 42 heteroatoms. The van der Waals surface area contributed by atoms with E-state index in [0.717, 1.165) is 0 Å². The largest absolute Gasteiger partial charge is 0.394 e. The quantitative estimate of drug-likeness (QED) is 0.0579. The summed E-state index contributed by atoms with van der Waals surface area (Å²) < 4.78 is 91.5. The van der Waals surface area contributed by atoms with E-state index in [2.05, 4.69) is 10.0 Å². The van der Waals surface area contributed by atoms with Crippen molar-refractivity contribution in [3.63, 3.8) is 0 Å². The Morgan fingerprint density at radius 3 is 0.478 bits per heavy atom. The summed E-state index contributed by atoms with van der Waals surface area (Å²) in [6, 6.07) is 0. The Morgan fingerprint density at radius 2 is 0.344 bits per heavy atom. The molecule has 30 fully saturated rings. The maximum atomic E-state index is 11.5. The van der Waals surface area contributed by atoms with Crippen LogP contribution < -0.4 is 0 Å². The van der Waals surface area contributed by atoms with E-state index in [9.17, 15) is 123 Å². The van der Waals surface area contributed by atoms with Gasteiger partial charge in [0.25, 0.3) is 0 Å². The van der Waals surface area contributed by atoms with E-state index in [0.29, 0.717) is 0 Å². The number of hydrogen-bond donors (Lipinski definition) is 23. The second kappa shape index (κ2) is 30.9. The second-order valence-electron chi connectivity index (χ2n) is 22.7. The number of aliphatic hydroxyl groups is 23. The van der Waals surface area contributed by atoms with Crippen molar-refractivity contribution in [2.24, 2.45) is 5.11 Å². The zero-order chi connectivity index (χ0) is 65.5. The van der Waals surface area contributed by atoms with Gasteiger partial charge in [-0.3, -0.25) is 0 Å². The molecule has 30 aliphatic rings. The number of nitrogens with zero attached hydrogens (tertiary/aromatic N) is 3. The molecule has 30 saturated heterocycles. The van der Waals surface area contributed by atoms with Gasteiger partial charge in [0.15, 0.2) is 50.3 Å². The molecule has 0 unspecified atom stereocenters. The summed E-state index contributed by atoms with van der Waals surface area (Å²) >= 11 is 0. The van der Waals surface area contributed by atoms with Crippen molar-refractivity contribution in [1.82, 2.24) is 0 Å². The van der Waals surface area contributed by atoms with Gasteiger partial charge in [0.1, 0.15) is 189 Å². The van der Waals surface area contributed by atoms with Crippen LogP contribution in [0.3, 0.4) is 0 Å². The summed E-state index contributed by atoms with van der Waals surface area (Å²) in [6.45, 7) is -8.40. The standard InChI is InChI=1S/C48H79N3O39/c49-51-50-1-9-33-17(59)25(67)41(75-9)84-34-10(2-52)77-43(27(69)19(34)61)86-36-12(4-54)79-45(29(71)21(36)63)88-38-14(6-56)81-47(31(73)23(38)65)90-40-16(8-58)82-48(32(74)24(40)66)89-39-15(7-57)80-46(30(72)22(39)64)87-37-13(5-55)78-44(28(70)20(37)62)85-35-11(3-53)76-42(83-33)26(68)18(35)60/h9-48,52-74H,1-8H2/t9-,10-,11-,12-,13-,14-,15-,16-,17-,18-,19-,20-,21-,22-,23-,24-,25-,26-,27-,28-,29-,30-,31-,32-,33-,34-,35-,36-,37-,38-,39-,40-,41-,42-,43-,44-,45-,46-,47-,48-/m1/s1. The third kappa shape index (κ3) is 14.3. The minimum atomic E-state index is -2.27. The lowest BCUT2D eigenvalue weighted by Gasteiger charge is -2.50. The maximum Gasteiger partial charge on any atom is 0.187 e. The van der Waals surface area contributed by atoms with E-state index in [1.165, 1.54) is 0 Å². The molecule has 520 valence electrons. The van der Waals surface area contributed by atoms with Crippen molar-refractivity contribution in [2.45, 2.75) is 246 Å². The molecule has 30 heterocycles. The summed E-state index contributed by atoms with van der Waals surface area (Å²) in [5.41, 5.74) is 9.24. The second-order valence-corrected chi connectivity index (χ2v) is 22.7. The van der Waals surface area contributed by atoms with Crippen LogP contribution in [-0.2, 0) is 75.8 Å². The third-order valence-electron chi connectivity index (χ3n) is 17.0. The third-order valence-corrected chi connectivity index (χ3v) is 17.0. The van der Waals surface area contributed by atoms with Gasteiger partial charge < -0.3 is 193 Å². The highest BCUT2D eigenvalue weighted by molar-refractivity contribution is 5.03. The summed E-state index contributed by atoms with van der Waals surface area (Å²) in [7, 11) is 0. The Labute approximate surface area is 506 Å². The van der Waals surface area contributed by atoms with Gasteiger partial charge in [-0.15, -0.1) is 0 Å². The molecule has 90 heavy (non-hydrogen) atoms. The van der Waals surface area contributed by atoms with Crippen molar-refractivity contribution >= 4 is 0 Å². The number of rotatable bonds is 9. The molecule has 30 rings (SSSR count). The molecule has 42 nitrogen and oxygen atoms in total. The maximum absolute atomic E-state index is 11.5. The lowest BCUT2D eigenvalue weighted by molar-refractivity contribution is -0.403. The molecule has 0 aromatic carbocycles. The summed E-state index contributed by atoms with van der Waals surface area (Å²) in [6.07, 6.45) is -82.4. The van der Waals surface area contributed by atoms with Crippen LogP contribution in [0.2, 0.25) is 0 Å². The van der Waals surface area contributed by atoms with Crippen molar-refractivity contribution in [1.29, 1.82) is 0 Å². The first-order valence-corrected chi connectivity index (χ1v) is 28.5. The first-order chi connectivity index (χ1) is 42.9. The average molecular weight is 1320 g/mol. The smallest absolute Gasteiger partial charge is 0.187 e. The predicted octanol–water partition coefficient (Wildman–Crippen LogP) is -16.1. The lowest BCUT2D eigenvalue weighted by Crippen LogP contribution is -2.69. The van der Waals surface area contributed by atoms with Gasteiger partial charge in [0.05, 0.1) is 58.9 Å². The molecule has 23 N–H and O–H groups in total. The molecular formula is C48H79N3O39. The first-order valence-electron chi connectivity index (χ1n) is 28.5. The van der Waals surface area contributed by atoms with Gasteiger partial charge in [-0.2, -0.15) is 0 Å². The van der Waals surface area contributed by atoms with Gasteiger partial charge in [0.2, 0.25) is 0 Å².